The van der Waals surface area contributed by atoms with Gasteiger partial charge >= 0.3 is 0 Å². The first kappa shape index (κ1) is 12.9. The molecule has 2 aromatic rings. The quantitative estimate of drug-likeness (QED) is 0.661. The van der Waals surface area contributed by atoms with Crippen molar-refractivity contribution in [1.82, 2.24) is 9.97 Å². The summed E-state index contributed by atoms with van der Waals surface area (Å²) in [5.41, 5.74) is 7.79. The molecule has 0 saturated carbocycles. The van der Waals surface area contributed by atoms with Gasteiger partial charge in [-0.05, 0) is 18.4 Å². The van der Waals surface area contributed by atoms with Crippen molar-refractivity contribution in [3.05, 3.63) is 35.4 Å². The van der Waals surface area contributed by atoms with Crippen molar-refractivity contribution >= 4 is 17.6 Å². The van der Waals surface area contributed by atoms with E-state index in [-0.39, 0.29) is 11.4 Å². The summed E-state index contributed by atoms with van der Waals surface area (Å²) >= 11 is 1.35. The molecular formula is C13H9N5S. The van der Waals surface area contributed by atoms with E-state index in [1.54, 1.807) is 24.3 Å². The predicted octanol–water partition coefficient (Wildman–Crippen LogP) is 2.19. The second-order valence-electron chi connectivity index (χ2n) is 3.62. The molecule has 0 aliphatic rings. The number of nitrogens with two attached hydrogens (primary N) is 1. The highest BCUT2D eigenvalue weighted by Gasteiger charge is 2.13. The van der Waals surface area contributed by atoms with Gasteiger partial charge in [0.05, 0.1) is 17.3 Å². The van der Waals surface area contributed by atoms with Crippen LogP contribution in [-0.2, 0) is 0 Å². The van der Waals surface area contributed by atoms with Crippen LogP contribution in [0.4, 0.5) is 5.82 Å². The van der Waals surface area contributed by atoms with Crippen LogP contribution in [0.3, 0.4) is 0 Å². The first-order chi connectivity index (χ1) is 9.19. The lowest BCUT2D eigenvalue weighted by molar-refractivity contribution is 0.979. The fraction of sp³-hybridized carbons (Fsp3) is 0.0769. The summed E-state index contributed by atoms with van der Waals surface area (Å²) in [6.45, 7) is 0. The van der Waals surface area contributed by atoms with Gasteiger partial charge < -0.3 is 5.73 Å². The Kier molecular flexibility index (Phi) is 3.65. The highest BCUT2D eigenvalue weighted by molar-refractivity contribution is 7.98. The van der Waals surface area contributed by atoms with Crippen molar-refractivity contribution in [1.29, 1.82) is 10.5 Å². The smallest absolute Gasteiger partial charge is 0.189 e. The number of benzene rings is 1. The molecular weight excluding hydrogens is 258 g/mol. The lowest BCUT2D eigenvalue weighted by atomic mass is 10.1. The summed E-state index contributed by atoms with van der Waals surface area (Å²) in [6, 6.07) is 10.9. The molecule has 2 N–H and O–H groups in total. The monoisotopic (exact) mass is 267 g/mol. The molecule has 0 bridgehead atoms. The molecule has 0 amide bonds. The molecule has 0 fully saturated rings. The second kappa shape index (κ2) is 5.38. The van der Waals surface area contributed by atoms with Gasteiger partial charge in [0, 0.05) is 5.56 Å². The van der Waals surface area contributed by atoms with Gasteiger partial charge in [-0.1, -0.05) is 23.9 Å². The van der Waals surface area contributed by atoms with E-state index in [1.807, 2.05) is 18.4 Å². The number of aromatic nitrogens is 2. The molecule has 2 rings (SSSR count). The molecule has 1 heterocycles. The Bertz CT molecular complexity index is 695. The van der Waals surface area contributed by atoms with Gasteiger partial charge in [0.2, 0.25) is 0 Å². The number of rotatable bonds is 2. The maximum atomic E-state index is 9.16. The van der Waals surface area contributed by atoms with E-state index in [0.29, 0.717) is 16.4 Å². The molecule has 0 aliphatic carbocycles. The van der Waals surface area contributed by atoms with Gasteiger partial charge in [-0.3, -0.25) is 0 Å². The van der Waals surface area contributed by atoms with Crippen LogP contribution in [0.15, 0.2) is 29.4 Å². The van der Waals surface area contributed by atoms with Gasteiger partial charge in [-0.2, -0.15) is 10.5 Å². The molecule has 19 heavy (non-hydrogen) atoms. The maximum absolute atomic E-state index is 9.16. The summed E-state index contributed by atoms with van der Waals surface area (Å²) in [5, 5.41) is 18.4. The van der Waals surface area contributed by atoms with E-state index in [4.69, 9.17) is 16.3 Å². The molecule has 1 aromatic heterocycles. The molecule has 0 atom stereocenters. The van der Waals surface area contributed by atoms with E-state index in [0.717, 1.165) is 5.56 Å². The van der Waals surface area contributed by atoms with E-state index < -0.39 is 0 Å². The third kappa shape index (κ3) is 2.49. The molecule has 0 spiro atoms. The third-order valence-electron chi connectivity index (χ3n) is 2.50. The van der Waals surface area contributed by atoms with Crippen molar-refractivity contribution in [2.24, 2.45) is 0 Å². The molecule has 1 aromatic carbocycles. The Balaban J connectivity index is 2.63. The first-order valence-corrected chi connectivity index (χ1v) is 6.54. The van der Waals surface area contributed by atoms with Gasteiger partial charge in [0.25, 0.3) is 0 Å². The van der Waals surface area contributed by atoms with Crippen molar-refractivity contribution in [3.63, 3.8) is 0 Å². The normalized spacial score (nSPS) is 9.63. The average molecular weight is 267 g/mol. The van der Waals surface area contributed by atoms with Crippen LogP contribution < -0.4 is 5.73 Å². The van der Waals surface area contributed by atoms with E-state index >= 15 is 0 Å². The molecule has 0 radical (unpaired) electrons. The number of nitrogens with zero attached hydrogens (tertiary/aromatic N) is 4. The number of thioether (sulfide) groups is 1. The Morgan fingerprint density at radius 1 is 1.11 bits per heavy atom. The lowest BCUT2D eigenvalue weighted by Gasteiger charge is -2.07. The second-order valence-corrected chi connectivity index (χ2v) is 4.39. The van der Waals surface area contributed by atoms with E-state index in [9.17, 15) is 0 Å². The Morgan fingerprint density at radius 3 is 2.32 bits per heavy atom. The third-order valence-corrected chi connectivity index (χ3v) is 3.05. The van der Waals surface area contributed by atoms with Gasteiger partial charge in [0.1, 0.15) is 17.5 Å². The number of anilines is 1. The van der Waals surface area contributed by atoms with Crippen LogP contribution in [0.5, 0.6) is 0 Å². The number of nitrogen functional groups attached to an aromatic ring is 1. The number of hydrogen-bond acceptors (Lipinski definition) is 6. The van der Waals surface area contributed by atoms with Crippen LogP contribution in [0.1, 0.15) is 11.1 Å². The summed E-state index contributed by atoms with van der Waals surface area (Å²) in [6.07, 6.45) is 1.84. The van der Waals surface area contributed by atoms with Crippen LogP contribution in [0.2, 0.25) is 0 Å². The summed E-state index contributed by atoms with van der Waals surface area (Å²) in [4.78, 5) is 8.35. The Hall–Kier alpha value is -2.57. The Morgan fingerprint density at radius 2 is 1.79 bits per heavy atom. The standard InChI is InChI=1S/C13H9N5S/c1-19-13-17-11(10(7-15)12(16)18-13)9-4-2-8(6-14)3-5-9/h2-5H,1H3,(H2,16,17,18). The van der Waals surface area contributed by atoms with Crippen LogP contribution in [0.25, 0.3) is 11.3 Å². The molecule has 92 valence electrons. The minimum absolute atomic E-state index is 0.168. The molecule has 0 aliphatic heterocycles. The van der Waals surface area contributed by atoms with Gasteiger partial charge in [-0.25, -0.2) is 9.97 Å². The first-order valence-electron chi connectivity index (χ1n) is 5.31. The fourth-order valence-corrected chi connectivity index (χ4v) is 1.94. The minimum atomic E-state index is 0.168. The molecule has 6 heteroatoms. The highest BCUT2D eigenvalue weighted by atomic mass is 32.2. The van der Waals surface area contributed by atoms with E-state index in [1.165, 1.54) is 11.8 Å². The fourth-order valence-electron chi connectivity index (χ4n) is 1.57. The average Bonchev–Trinajstić information content (AvgIpc) is 2.46. The number of hydrogen-bond donors (Lipinski definition) is 1. The summed E-state index contributed by atoms with van der Waals surface area (Å²) < 4.78 is 0. The zero-order chi connectivity index (χ0) is 13.8. The van der Waals surface area contributed by atoms with Crippen LogP contribution in [0, 0.1) is 22.7 Å². The molecule has 0 saturated heterocycles. The maximum Gasteiger partial charge on any atom is 0.189 e. The predicted molar refractivity (Wildman–Crippen MR) is 73.1 cm³/mol. The molecule has 0 unspecified atom stereocenters. The lowest BCUT2D eigenvalue weighted by Crippen LogP contribution is -2.02. The van der Waals surface area contributed by atoms with Crippen LogP contribution >= 0.6 is 11.8 Å². The summed E-state index contributed by atoms with van der Waals surface area (Å²) in [7, 11) is 0. The zero-order valence-electron chi connectivity index (χ0n) is 10.1. The highest BCUT2D eigenvalue weighted by Crippen LogP contribution is 2.26. The van der Waals surface area contributed by atoms with Gasteiger partial charge in [-0.15, -0.1) is 0 Å². The van der Waals surface area contributed by atoms with Crippen molar-refractivity contribution in [3.8, 4) is 23.4 Å². The number of nitriles is 2. The summed E-state index contributed by atoms with van der Waals surface area (Å²) in [5.74, 6) is 0.168. The van der Waals surface area contributed by atoms with Crippen molar-refractivity contribution in [2.45, 2.75) is 5.16 Å². The van der Waals surface area contributed by atoms with Crippen molar-refractivity contribution < 1.29 is 0 Å². The van der Waals surface area contributed by atoms with E-state index in [2.05, 4.69) is 9.97 Å². The SMILES string of the molecule is CSc1nc(N)c(C#N)c(-c2ccc(C#N)cc2)n1. The van der Waals surface area contributed by atoms with Crippen molar-refractivity contribution in [2.75, 3.05) is 12.0 Å². The minimum Gasteiger partial charge on any atom is -0.382 e. The molecule has 5 nitrogen and oxygen atoms in total. The largest absolute Gasteiger partial charge is 0.382 e. The Labute approximate surface area is 114 Å². The zero-order valence-corrected chi connectivity index (χ0v) is 10.9. The van der Waals surface area contributed by atoms with Crippen LogP contribution in [-0.4, -0.2) is 16.2 Å². The topological polar surface area (TPSA) is 99.4 Å². The van der Waals surface area contributed by atoms with Gasteiger partial charge in [0.15, 0.2) is 5.16 Å².